The third-order valence-corrected chi connectivity index (χ3v) is 3.14. The summed E-state index contributed by atoms with van der Waals surface area (Å²) in [5, 5.41) is 6.58. The summed E-state index contributed by atoms with van der Waals surface area (Å²) < 4.78 is 5.89. The number of halogens is 1. The molecule has 0 atom stereocenters. The maximum absolute atomic E-state index is 5.89. The zero-order chi connectivity index (χ0) is 15.5. The molecule has 126 valence electrons. The van der Waals surface area contributed by atoms with Crippen LogP contribution in [0.15, 0.2) is 29.3 Å². The van der Waals surface area contributed by atoms with Gasteiger partial charge in [0.1, 0.15) is 5.75 Å². The fraction of sp³-hybridized carbons (Fsp3) is 0.588. The Kier molecular flexibility index (Phi) is 12.0. The van der Waals surface area contributed by atoms with E-state index in [9.17, 15) is 0 Å². The van der Waals surface area contributed by atoms with Crippen LogP contribution in [0.3, 0.4) is 0 Å². The topological polar surface area (TPSA) is 45.7 Å². The van der Waals surface area contributed by atoms with Gasteiger partial charge in [0.2, 0.25) is 0 Å². The van der Waals surface area contributed by atoms with Gasteiger partial charge in [-0.1, -0.05) is 39.0 Å². The Balaban J connectivity index is 0.00000441. The highest BCUT2D eigenvalue weighted by Gasteiger charge is 2.04. The van der Waals surface area contributed by atoms with Crippen LogP contribution in [0.4, 0.5) is 0 Å². The minimum absolute atomic E-state index is 0. The van der Waals surface area contributed by atoms with Gasteiger partial charge in [-0.3, -0.25) is 4.99 Å². The molecule has 0 fully saturated rings. The minimum Gasteiger partial charge on any atom is -0.493 e. The molecule has 0 saturated heterocycles. The van der Waals surface area contributed by atoms with E-state index in [0.717, 1.165) is 43.3 Å². The standard InChI is InChI=1S/C17H29N3O.HI/c1-5-11-19-17(18-4)20-13-15-8-6-7-9-16(15)21-12-10-14(2)3;/h6-9,14H,5,10-13H2,1-4H3,(H2,18,19,20);1H. The van der Waals surface area contributed by atoms with E-state index >= 15 is 0 Å². The molecule has 0 aliphatic heterocycles. The average molecular weight is 419 g/mol. The van der Waals surface area contributed by atoms with E-state index in [1.54, 1.807) is 7.05 Å². The van der Waals surface area contributed by atoms with Gasteiger partial charge in [-0.25, -0.2) is 0 Å². The monoisotopic (exact) mass is 419 g/mol. The Morgan fingerprint density at radius 2 is 1.95 bits per heavy atom. The van der Waals surface area contributed by atoms with Crippen molar-refractivity contribution in [2.45, 2.75) is 40.2 Å². The molecule has 1 aromatic carbocycles. The molecule has 2 N–H and O–H groups in total. The fourth-order valence-corrected chi connectivity index (χ4v) is 1.84. The first-order chi connectivity index (χ1) is 10.2. The highest BCUT2D eigenvalue weighted by Crippen LogP contribution is 2.18. The van der Waals surface area contributed by atoms with Crippen molar-refractivity contribution in [3.63, 3.8) is 0 Å². The van der Waals surface area contributed by atoms with Crippen LogP contribution in [-0.2, 0) is 6.54 Å². The highest BCUT2D eigenvalue weighted by atomic mass is 127. The van der Waals surface area contributed by atoms with Crippen molar-refractivity contribution in [1.82, 2.24) is 10.6 Å². The second-order valence-electron chi connectivity index (χ2n) is 5.49. The molecule has 0 aromatic heterocycles. The molecule has 22 heavy (non-hydrogen) atoms. The van der Waals surface area contributed by atoms with Gasteiger partial charge < -0.3 is 15.4 Å². The van der Waals surface area contributed by atoms with Gasteiger partial charge in [-0.2, -0.15) is 0 Å². The molecule has 0 aliphatic carbocycles. The number of hydrogen-bond acceptors (Lipinski definition) is 2. The van der Waals surface area contributed by atoms with Crippen molar-refractivity contribution >= 4 is 29.9 Å². The third kappa shape index (κ3) is 8.46. The normalized spacial score (nSPS) is 11.0. The first-order valence-corrected chi connectivity index (χ1v) is 7.82. The van der Waals surface area contributed by atoms with Gasteiger partial charge in [-0.15, -0.1) is 24.0 Å². The molecule has 1 rings (SSSR count). The van der Waals surface area contributed by atoms with Crippen LogP contribution in [0.5, 0.6) is 5.75 Å². The second-order valence-corrected chi connectivity index (χ2v) is 5.49. The van der Waals surface area contributed by atoms with Gasteiger partial charge >= 0.3 is 0 Å². The Labute approximate surface area is 152 Å². The summed E-state index contributed by atoms with van der Waals surface area (Å²) in [5.41, 5.74) is 1.15. The number of guanidine groups is 1. The van der Waals surface area contributed by atoms with E-state index in [1.165, 1.54) is 0 Å². The number of nitrogens with zero attached hydrogens (tertiary/aromatic N) is 1. The van der Waals surface area contributed by atoms with E-state index in [4.69, 9.17) is 4.74 Å². The SMILES string of the molecule is CCCNC(=NC)NCc1ccccc1OCCC(C)C.I. The zero-order valence-corrected chi connectivity index (χ0v) is 16.5. The summed E-state index contributed by atoms with van der Waals surface area (Å²) in [6.45, 7) is 8.95. The van der Waals surface area contributed by atoms with Crippen LogP contribution in [0.25, 0.3) is 0 Å². The summed E-state index contributed by atoms with van der Waals surface area (Å²) >= 11 is 0. The molecule has 0 bridgehead atoms. The van der Waals surface area contributed by atoms with Crippen LogP contribution in [-0.4, -0.2) is 26.2 Å². The van der Waals surface area contributed by atoms with E-state index in [1.807, 2.05) is 18.2 Å². The molecular formula is C17H30IN3O. The molecule has 0 heterocycles. The molecule has 0 spiro atoms. The number of benzene rings is 1. The quantitative estimate of drug-likeness (QED) is 0.383. The van der Waals surface area contributed by atoms with Crippen LogP contribution in [0.2, 0.25) is 0 Å². The molecule has 4 nitrogen and oxygen atoms in total. The molecule has 0 saturated carbocycles. The number of rotatable bonds is 8. The van der Waals surface area contributed by atoms with Crippen LogP contribution in [0, 0.1) is 5.92 Å². The summed E-state index contributed by atoms with van der Waals surface area (Å²) in [7, 11) is 1.79. The number of ether oxygens (including phenoxy) is 1. The summed E-state index contributed by atoms with van der Waals surface area (Å²) in [6, 6.07) is 8.16. The molecule has 0 unspecified atom stereocenters. The van der Waals surface area contributed by atoms with Crippen molar-refractivity contribution in [2.75, 3.05) is 20.2 Å². The molecular weight excluding hydrogens is 389 g/mol. The first kappa shape index (κ1) is 21.0. The van der Waals surface area contributed by atoms with Gasteiger partial charge in [0.15, 0.2) is 5.96 Å². The minimum atomic E-state index is 0. The van der Waals surface area contributed by atoms with Gasteiger partial charge in [0, 0.05) is 25.7 Å². The van der Waals surface area contributed by atoms with Gasteiger partial charge in [0.05, 0.1) is 6.61 Å². The second kappa shape index (κ2) is 12.6. The maximum atomic E-state index is 5.89. The number of nitrogens with one attached hydrogen (secondary N) is 2. The zero-order valence-electron chi connectivity index (χ0n) is 14.2. The van der Waals surface area contributed by atoms with Gasteiger partial charge in [0.25, 0.3) is 0 Å². The van der Waals surface area contributed by atoms with Crippen LogP contribution >= 0.6 is 24.0 Å². The van der Waals surface area contributed by atoms with Crippen LogP contribution < -0.4 is 15.4 Å². The van der Waals surface area contributed by atoms with Crippen molar-refractivity contribution < 1.29 is 4.74 Å². The molecule has 5 heteroatoms. The Morgan fingerprint density at radius 3 is 2.59 bits per heavy atom. The Morgan fingerprint density at radius 1 is 1.23 bits per heavy atom. The average Bonchev–Trinajstić information content (AvgIpc) is 2.48. The molecule has 0 aliphatic rings. The summed E-state index contributed by atoms with van der Waals surface area (Å²) in [5.74, 6) is 2.44. The van der Waals surface area contributed by atoms with Crippen molar-refractivity contribution in [3.05, 3.63) is 29.8 Å². The first-order valence-electron chi connectivity index (χ1n) is 7.82. The maximum Gasteiger partial charge on any atom is 0.191 e. The van der Waals surface area contributed by atoms with Crippen molar-refractivity contribution in [1.29, 1.82) is 0 Å². The third-order valence-electron chi connectivity index (χ3n) is 3.14. The Bertz CT molecular complexity index is 436. The van der Waals surface area contributed by atoms with Crippen molar-refractivity contribution in [2.24, 2.45) is 10.9 Å². The summed E-state index contributed by atoms with van der Waals surface area (Å²) in [6.07, 6.45) is 2.15. The lowest BCUT2D eigenvalue weighted by Gasteiger charge is -2.15. The largest absolute Gasteiger partial charge is 0.493 e. The molecule has 0 amide bonds. The smallest absolute Gasteiger partial charge is 0.191 e. The van der Waals surface area contributed by atoms with Crippen LogP contribution in [0.1, 0.15) is 39.2 Å². The van der Waals surface area contributed by atoms with Crippen molar-refractivity contribution in [3.8, 4) is 5.75 Å². The van der Waals surface area contributed by atoms with E-state index < -0.39 is 0 Å². The van der Waals surface area contributed by atoms with E-state index in [-0.39, 0.29) is 24.0 Å². The van der Waals surface area contributed by atoms with E-state index in [2.05, 4.69) is 42.5 Å². The lowest BCUT2D eigenvalue weighted by atomic mass is 10.1. The molecule has 1 aromatic rings. The lowest BCUT2D eigenvalue weighted by molar-refractivity contribution is 0.286. The highest BCUT2D eigenvalue weighted by molar-refractivity contribution is 14.0. The predicted octanol–water partition coefficient (Wildman–Crippen LogP) is 3.80. The number of para-hydroxylation sites is 1. The van der Waals surface area contributed by atoms with E-state index in [0.29, 0.717) is 12.5 Å². The lowest BCUT2D eigenvalue weighted by Crippen LogP contribution is -2.37. The predicted molar refractivity (Wildman–Crippen MR) is 105 cm³/mol. The fourth-order valence-electron chi connectivity index (χ4n) is 1.84. The number of hydrogen-bond donors (Lipinski definition) is 2. The Hall–Kier alpha value is -0.980. The number of aliphatic imine (C=N–C) groups is 1. The van der Waals surface area contributed by atoms with Gasteiger partial charge in [-0.05, 0) is 24.8 Å². The summed E-state index contributed by atoms with van der Waals surface area (Å²) in [4.78, 5) is 4.21. The molecule has 0 radical (unpaired) electrons.